The highest BCUT2D eigenvalue weighted by molar-refractivity contribution is 7.09. The van der Waals surface area contributed by atoms with E-state index in [1.165, 1.54) is 4.88 Å². The first-order chi connectivity index (χ1) is 11.7. The highest BCUT2D eigenvalue weighted by Crippen LogP contribution is 2.30. The van der Waals surface area contributed by atoms with Gasteiger partial charge in [-0.3, -0.25) is 4.79 Å². The smallest absolute Gasteiger partial charge is 0.276 e. The molecule has 1 fully saturated rings. The highest BCUT2D eigenvalue weighted by atomic mass is 35.5. The lowest BCUT2D eigenvalue weighted by Crippen LogP contribution is -2.32. The maximum Gasteiger partial charge on any atom is 0.276 e. The van der Waals surface area contributed by atoms with Crippen molar-refractivity contribution in [1.29, 1.82) is 0 Å². The molecule has 0 spiro atoms. The molecule has 0 bridgehead atoms. The van der Waals surface area contributed by atoms with Gasteiger partial charge in [0.15, 0.2) is 5.69 Å². The Kier molecular flexibility index (Phi) is 4.08. The number of amides is 1. The van der Waals surface area contributed by atoms with E-state index in [-0.39, 0.29) is 5.91 Å². The molecule has 0 aliphatic heterocycles. The highest BCUT2D eigenvalue weighted by Gasteiger charge is 2.34. The summed E-state index contributed by atoms with van der Waals surface area (Å²) in [6.45, 7) is 0.625. The van der Waals surface area contributed by atoms with Gasteiger partial charge in [-0.05, 0) is 36.4 Å². The molecule has 4 rings (SSSR count). The molecule has 0 radical (unpaired) electrons. The average Bonchev–Trinajstić information content (AvgIpc) is 3.10. The largest absolute Gasteiger partial charge is 0.329 e. The SMILES string of the molecule is O=C(c1cn(-c2ccccc2Cl)nn1)N(Cc1cccs1)C1CC1. The first kappa shape index (κ1) is 15.4. The van der Waals surface area contributed by atoms with E-state index in [9.17, 15) is 4.79 Å². The molecule has 1 amide bonds. The van der Waals surface area contributed by atoms with Gasteiger partial charge in [0.25, 0.3) is 5.91 Å². The molecule has 2 heterocycles. The Hall–Kier alpha value is -2.18. The molecule has 0 atom stereocenters. The summed E-state index contributed by atoms with van der Waals surface area (Å²) < 4.78 is 1.55. The maximum atomic E-state index is 12.9. The Labute approximate surface area is 148 Å². The number of benzene rings is 1. The molecule has 0 unspecified atom stereocenters. The number of rotatable bonds is 5. The van der Waals surface area contributed by atoms with Crippen molar-refractivity contribution in [2.75, 3.05) is 0 Å². The third-order valence-corrected chi connectivity index (χ3v) is 5.15. The predicted octanol–water partition coefficient (Wildman–Crippen LogP) is 3.79. The molecule has 0 saturated heterocycles. The predicted molar refractivity (Wildman–Crippen MR) is 93.6 cm³/mol. The summed E-state index contributed by atoms with van der Waals surface area (Å²) in [6, 6.07) is 11.7. The van der Waals surface area contributed by atoms with Gasteiger partial charge in [-0.1, -0.05) is 35.0 Å². The summed E-state index contributed by atoms with van der Waals surface area (Å²) >= 11 is 7.84. The molecule has 7 heteroatoms. The van der Waals surface area contributed by atoms with E-state index in [1.54, 1.807) is 28.3 Å². The molecule has 2 aromatic heterocycles. The Bertz CT molecular complexity index is 857. The second-order valence-corrected chi connectivity index (χ2v) is 7.18. The summed E-state index contributed by atoms with van der Waals surface area (Å²) in [5.74, 6) is -0.0794. The normalized spacial score (nSPS) is 13.9. The van der Waals surface area contributed by atoms with Crippen molar-refractivity contribution in [1.82, 2.24) is 19.9 Å². The van der Waals surface area contributed by atoms with Crippen LogP contribution in [-0.4, -0.2) is 31.8 Å². The number of halogens is 1. The van der Waals surface area contributed by atoms with Gasteiger partial charge >= 0.3 is 0 Å². The molecule has 0 N–H and O–H groups in total. The lowest BCUT2D eigenvalue weighted by Gasteiger charge is -2.20. The third-order valence-electron chi connectivity index (χ3n) is 3.97. The van der Waals surface area contributed by atoms with Crippen LogP contribution in [0.5, 0.6) is 0 Å². The fourth-order valence-electron chi connectivity index (χ4n) is 2.59. The Balaban J connectivity index is 1.58. The van der Waals surface area contributed by atoms with Gasteiger partial charge in [-0.15, -0.1) is 16.4 Å². The van der Waals surface area contributed by atoms with E-state index < -0.39 is 0 Å². The fraction of sp³-hybridized carbons (Fsp3) is 0.235. The lowest BCUT2D eigenvalue weighted by atomic mass is 10.3. The molecule has 5 nitrogen and oxygen atoms in total. The van der Waals surface area contributed by atoms with Crippen LogP contribution in [0.2, 0.25) is 5.02 Å². The zero-order chi connectivity index (χ0) is 16.5. The zero-order valence-corrected chi connectivity index (χ0v) is 14.4. The van der Waals surface area contributed by atoms with Crippen LogP contribution < -0.4 is 0 Å². The van der Waals surface area contributed by atoms with Crippen molar-refractivity contribution in [3.63, 3.8) is 0 Å². The minimum absolute atomic E-state index is 0.0794. The van der Waals surface area contributed by atoms with E-state index in [1.807, 2.05) is 40.6 Å². The molecule has 1 aliphatic carbocycles. The monoisotopic (exact) mass is 358 g/mol. The second-order valence-electron chi connectivity index (χ2n) is 5.74. The van der Waals surface area contributed by atoms with Crippen molar-refractivity contribution in [3.05, 3.63) is 63.6 Å². The fourth-order valence-corrected chi connectivity index (χ4v) is 3.51. The quantitative estimate of drug-likeness (QED) is 0.697. The molecular formula is C17H15ClN4OS. The van der Waals surface area contributed by atoms with Gasteiger partial charge in [-0.2, -0.15) is 0 Å². The molecule has 122 valence electrons. The van der Waals surface area contributed by atoms with Crippen LogP contribution in [-0.2, 0) is 6.54 Å². The molecule has 1 aromatic carbocycles. The topological polar surface area (TPSA) is 51.0 Å². The zero-order valence-electron chi connectivity index (χ0n) is 12.8. The van der Waals surface area contributed by atoms with E-state index >= 15 is 0 Å². The lowest BCUT2D eigenvalue weighted by molar-refractivity contribution is 0.0725. The van der Waals surface area contributed by atoms with Gasteiger partial charge in [0.1, 0.15) is 0 Å². The summed E-state index contributed by atoms with van der Waals surface area (Å²) in [5, 5.41) is 10.7. The van der Waals surface area contributed by atoms with Crippen LogP contribution >= 0.6 is 22.9 Å². The first-order valence-corrected chi connectivity index (χ1v) is 8.99. The van der Waals surface area contributed by atoms with E-state index in [2.05, 4.69) is 10.3 Å². The minimum atomic E-state index is -0.0794. The van der Waals surface area contributed by atoms with Crippen molar-refractivity contribution in [2.45, 2.75) is 25.4 Å². The summed E-state index contributed by atoms with van der Waals surface area (Å²) in [5.41, 5.74) is 1.06. The third kappa shape index (κ3) is 3.07. The standard InChI is InChI=1S/C17H15ClN4OS/c18-14-5-1-2-6-16(14)22-11-15(19-20-22)17(23)21(12-7-8-12)10-13-4-3-9-24-13/h1-6,9,11-12H,7-8,10H2. The van der Waals surface area contributed by atoms with E-state index in [0.29, 0.717) is 29.0 Å². The van der Waals surface area contributed by atoms with Crippen LogP contribution in [0.4, 0.5) is 0 Å². The van der Waals surface area contributed by atoms with E-state index in [4.69, 9.17) is 11.6 Å². The maximum absolute atomic E-state index is 12.9. The molecule has 1 saturated carbocycles. The van der Waals surface area contributed by atoms with Gasteiger partial charge in [0.05, 0.1) is 23.5 Å². The van der Waals surface area contributed by atoms with Gasteiger partial charge in [0.2, 0.25) is 0 Å². The number of thiophene rings is 1. The van der Waals surface area contributed by atoms with E-state index in [0.717, 1.165) is 12.8 Å². The molecule has 3 aromatic rings. The molecular weight excluding hydrogens is 344 g/mol. The number of para-hydroxylation sites is 1. The van der Waals surface area contributed by atoms with Crippen LogP contribution in [0.1, 0.15) is 28.2 Å². The van der Waals surface area contributed by atoms with Gasteiger partial charge in [-0.25, -0.2) is 4.68 Å². The van der Waals surface area contributed by atoms with Crippen LogP contribution in [0.3, 0.4) is 0 Å². The second kappa shape index (κ2) is 6.37. The summed E-state index contributed by atoms with van der Waals surface area (Å²) in [4.78, 5) is 15.9. The number of hydrogen-bond donors (Lipinski definition) is 0. The summed E-state index contributed by atoms with van der Waals surface area (Å²) in [6.07, 6.45) is 3.75. The Morgan fingerprint density at radius 1 is 1.29 bits per heavy atom. The van der Waals surface area contributed by atoms with Crippen molar-refractivity contribution < 1.29 is 4.79 Å². The molecule has 24 heavy (non-hydrogen) atoms. The van der Waals surface area contributed by atoms with Crippen LogP contribution in [0.25, 0.3) is 5.69 Å². The minimum Gasteiger partial charge on any atom is -0.329 e. The van der Waals surface area contributed by atoms with Crippen molar-refractivity contribution >= 4 is 28.8 Å². The Morgan fingerprint density at radius 2 is 2.12 bits per heavy atom. The number of aromatic nitrogens is 3. The van der Waals surface area contributed by atoms with Crippen LogP contribution in [0, 0.1) is 0 Å². The van der Waals surface area contributed by atoms with Crippen LogP contribution in [0.15, 0.2) is 48.0 Å². The summed E-state index contributed by atoms with van der Waals surface area (Å²) in [7, 11) is 0. The average molecular weight is 359 g/mol. The molecule has 1 aliphatic rings. The number of carbonyl (C=O) groups excluding carboxylic acids is 1. The van der Waals surface area contributed by atoms with Gasteiger partial charge in [0, 0.05) is 10.9 Å². The number of hydrogen-bond acceptors (Lipinski definition) is 4. The van der Waals surface area contributed by atoms with Crippen molar-refractivity contribution in [2.24, 2.45) is 0 Å². The number of carbonyl (C=O) groups is 1. The number of nitrogens with zero attached hydrogens (tertiary/aromatic N) is 4. The first-order valence-electron chi connectivity index (χ1n) is 7.73. The van der Waals surface area contributed by atoms with Crippen molar-refractivity contribution in [3.8, 4) is 5.69 Å². The Morgan fingerprint density at radius 3 is 2.83 bits per heavy atom. The van der Waals surface area contributed by atoms with Gasteiger partial charge < -0.3 is 4.90 Å².